The van der Waals surface area contributed by atoms with Crippen LogP contribution in [0.25, 0.3) is 0 Å². The van der Waals surface area contributed by atoms with Gasteiger partial charge in [-0.1, -0.05) is 0 Å². The number of fused-ring (bicyclic) bond motifs is 1. The monoisotopic (exact) mass is 475 g/mol. The van der Waals surface area contributed by atoms with E-state index in [-0.39, 0.29) is 43.1 Å². The Morgan fingerprint density at radius 1 is 1.30 bits per heavy atom. The molecule has 1 saturated heterocycles. The van der Waals surface area contributed by atoms with Gasteiger partial charge in [-0.2, -0.15) is 0 Å². The highest BCUT2D eigenvalue weighted by molar-refractivity contribution is 7.10. The van der Waals surface area contributed by atoms with E-state index in [0.717, 1.165) is 24.8 Å². The fourth-order valence-electron chi connectivity index (χ4n) is 4.35. The fourth-order valence-corrected chi connectivity index (χ4v) is 5.28. The molecule has 33 heavy (non-hydrogen) atoms. The molecule has 3 heterocycles. The molecule has 2 aliphatic rings. The molecule has 2 aliphatic heterocycles. The van der Waals surface area contributed by atoms with E-state index in [4.69, 9.17) is 9.47 Å². The quantitative estimate of drug-likeness (QED) is 0.633. The van der Waals surface area contributed by atoms with Crippen molar-refractivity contribution in [3.63, 3.8) is 0 Å². The minimum absolute atomic E-state index is 0.0157. The molecule has 2 aromatic rings. The van der Waals surface area contributed by atoms with Gasteiger partial charge >= 0.3 is 6.03 Å². The van der Waals surface area contributed by atoms with Crippen LogP contribution >= 0.6 is 11.3 Å². The molecule has 1 aromatic carbocycles. The standard InChI is InChI=1S/C24H30FN3O4S/c1-2-26-24(30)27(14-19-4-3-12-31-19)15-23(29)28-11-9-22-20(10-13-33-22)21(28)16-32-18-7-5-17(25)6-8-18/h5-8,10,13,19,21H,2-4,9,11-12,14-16H2,1H3,(H,26,30). The second kappa shape index (κ2) is 11.0. The molecule has 9 heteroatoms. The number of hydrogen-bond acceptors (Lipinski definition) is 5. The number of nitrogens with one attached hydrogen (secondary N) is 1. The first-order chi connectivity index (χ1) is 16.0. The van der Waals surface area contributed by atoms with Crippen molar-refractivity contribution in [1.29, 1.82) is 0 Å². The predicted molar refractivity (Wildman–Crippen MR) is 124 cm³/mol. The molecule has 1 fully saturated rings. The average Bonchev–Trinajstić information content (AvgIpc) is 3.50. The first-order valence-electron chi connectivity index (χ1n) is 11.4. The molecular weight excluding hydrogens is 445 g/mol. The Bertz CT molecular complexity index is 945. The van der Waals surface area contributed by atoms with E-state index in [1.807, 2.05) is 18.4 Å². The normalized spacial score (nSPS) is 19.8. The van der Waals surface area contributed by atoms with Crippen molar-refractivity contribution in [2.75, 3.05) is 39.4 Å². The van der Waals surface area contributed by atoms with Crippen LogP contribution in [0.5, 0.6) is 5.75 Å². The van der Waals surface area contributed by atoms with Crippen molar-refractivity contribution in [1.82, 2.24) is 15.1 Å². The molecular formula is C24H30FN3O4S. The summed E-state index contributed by atoms with van der Waals surface area (Å²) < 4.78 is 24.9. The first-order valence-corrected chi connectivity index (χ1v) is 12.3. The van der Waals surface area contributed by atoms with Gasteiger partial charge in [0, 0.05) is 31.1 Å². The van der Waals surface area contributed by atoms with Gasteiger partial charge in [0.1, 0.15) is 24.7 Å². The molecule has 0 saturated carbocycles. The highest BCUT2D eigenvalue weighted by Crippen LogP contribution is 2.34. The number of benzene rings is 1. The third-order valence-corrected chi connectivity index (χ3v) is 7.02. The largest absolute Gasteiger partial charge is 0.491 e. The first kappa shape index (κ1) is 23.5. The van der Waals surface area contributed by atoms with Crippen LogP contribution in [0.4, 0.5) is 9.18 Å². The van der Waals surface area contributed by atoms with Crippen molar-refractivity contribution in [3.8, 4) is 5.75 Å². The number of amides is 3. The summed E-state index contributed by atoms with van der Waals surface area (Å²) in [6, 6.07) is 7.38. The summed E-state index contributed by atoms with van der Waals surface area (Å²) in [7, 11) is 0. The van der Waals surface area contributed by atoms with Gasteiger partial charge in [0.05, 0.1) is 12.1 Å². The number of nitrogens with zero attached hydrogens (tertiary/aromatic N) is 2. The molecule has 0 spiro atoms. The van der Waals surface area contributed by atoms with Crippen LogP contribution in [-0.2, 0) is 16.0 Å². The summed E-state index contributed by atoms with van der Waals surface area (Å²) >= 11 is 1.68. The van der Waals surface area contributed by atoms with Crippen molar-refractivity contribution >= 4 is 23.3 Å². The van der Waals surface area contributed by atoms with E-state index in [1.54, 1.807) is 33.3 Å². The predicted octanol–water partition coefficient (Wildman–Crippen LogP) is 3.60. The van der Waals surface area contributed by atoms with Crippen molar-refractivity contribution in [2.24, 2.45) is 0 Å². The molecule has 4 rings (SSSR count). The number of carbonyl (C=O) groups excluding carboxylic acids is 2. The second-order valence-corrected chi connectivity index (χ2v) is 9.27. The van der Waals surface area contributed by atoms with Crippen LogP contribution in [0.15, 0.2) is 35.7 Å². The number of hydrogen-bond donors (Lipinski definition) is 1. The zero-order valence-electron chi connectivity index (χ0n) is 18.8. The maximum Gasteiger partial charge on any atom is 0.317 e. The molecule has 0 radical (unpaired) electrons. The summed E-state index contributed by atoms with van der Waals surface area (Å²) in [5.74, 6) is 0.103. The summed E-state index contributed by atoms with van der Waals surface area (Å²) in [5.41, 5.74) is 1.07. The Kier molecular flexibility index (Phi) is 7.82. The van der Waals surface area contributed by atoms with Crippen molar-refractivity contribution < 1.29 is 23.5 Å². The Labute approximate surface area is 197 Å². The third kappa shape index (κ3) is 5.83. The van der Waals surface area contributed by atoms with Gasteiger partial charge in [-0.25, -0.2) is 9.18 Å². The number of rotatable bonds is 8. The van der Waals surface area contributed by atoms with Crippen LogP contribution in [-0.4, -0.2) is 67.2 Å². The van der Waals surface area contributed by atoms with Gasteiger partial charge in [0.2, 0.25) is 5.91 Å². The third-order valence-electron chi connectivity index (χ3n) is 6.03. The Morgan fingerprint density at radius 3 is 2.85 bits per heavy atom. The van der Waals surface area contributed by atoms with E-state index >= 15 is 0 Å². The lowest BCUT2D eigenvalue weighted by Gasteiger charge is -2.37. The molecule has 7 nitrogen and oxygen atoms in total. The highest BCUT2D eigenvalue weighted by Gasteiger charge is 2.34. The zero-order chi connectivity index (χ0) is 23.2. The summed E-state index contributed by atoms with van der Waals surface area (Å²) in [4.78, 5) is 30.7. The number of urea groups is 1. The lowest BCUT2D eigenvalue weighted by molar-refractivity contribution is -0.135. The van der Waals surface area contributed by atoms with Crippen LogP contribution in [0.3, 0.4) is 0 Å². The van der Waals surface area contributed by atoms with E-state index in [2.05, 4.69) is 5.32 Å². The van der Waals surface area contributed by atoms with E-state index in [1.165, 1.54) is 17.0 Å². The maximum absolute atomic E-state index is 13.5. The Morgan fingerprint density at radius 2 is 2.12 bits per heavy atom. The Hall–Kier alpha value is -2.65. The van der Waals surface area contributed by atoms with Crippen LogP contribution in [0, 0.1) is 5.82 Å². The van der Waals surface area contributed by atoms with E-state index < -0.39 is 0 Å². The number of ether oxygens (including phenoxy) is 2. The fraction of sp³-hybridized carbons (Fsp3) is 0.500. The molecule has 178 valence electrons. The minimum atomic E-state index is -0.325. The van der Waals surface area contributed by atoms with Gasteiger partial charge in [0.25, 0.3) is 0 Å². The van der Waals surface area contributed by atoms with E-state index in [0.29, 0.717) is 32.0 Å². The molecule has 1 N–H and O–H groups in total. The zero-order valence-corrected chi connectivity index (χ0v) is 19.6. The number of halogens is 1. The smallest absolute Gasteiger partial charge is 0.317 e. The second-order valence-electron chi connectivity index (χ2n) is 8.27. The summed E-state index contributed by atoms with van der Waals surface area (Å²) in [6.07, 6.45) is 2.60. The molecule has 3 amide bonds. The molecule has 1 aromatic heterocycles. The van der Waals surface area contributed by atoms with Crippen LogP contribution in [0.2, 0.25) is 0 Å². The van der Waals surface area contributed by atoms with Crippen LogP contribution in [0.1, 0.15) is 36.2 Å². The maximum atomic E-state index is 13.5. The SMILES string of the molecule is CCNC(=O)N(CC(=O)N1CCc2sccc2C1COc1ccc(F)cc1)CC1CCCO1. The minimum Gasteiger partial charge on any atom is -0.491 e. The molecule has 2 atom stereocenters. The number of thiophene rings is 1. The molecule has 2 unspecified atom stereocenters. The van der Waals surface area contributed by atoms with Crippen molar-refractivity contribution in [3.05, 3.63) is 52.0 Å². The van der Waals surface area contributed by atoms with E-state index in [9.17, 15) is 14.0 Å². The van der Waals surface area contributed by atoms with Gasteiger partial charge in [0.15, 0.2) is 0 Å². The number of carbonyl (C=O) groups is 2. The summed E-state index contributed by atoms with van der Waals surface area (Å²) in [6.45, 7) is 4.24. The topological polar surface area (TPSA) is 71.1 Å². The van der Waals surface area contributed by atoms with Crippen LogP contribution < -0.4 is 10.1 Å². The van der Waals surface area contributed by atoms with Crippen molar-refractivity contribution in [2.45, 2.75) is 38.3 Å². The molecule has 0 bridgehead atoms. The Balaban J connectivity index is 1.48. The molecule has 0 aliphatic carbocycles. The average molecular weight is 476 g/mol. The lowest BCUT2D eigenvalue weighted by Crippen LogP contribution is -2.51. The van der Waals surface area contributed by atoms with Gasteiger partial charge < -0.3 is 24.6 Å². The lowest BCUT2D eigenvalue weighted by atomic mass is 10.0. The van der Waals surface area contributed by atoms with Gasteiger partial charge in [-0.15, -0.1) is 11.3 Å². The summed E-state index contributed by atoms with van der Waals surface area (Å²) in [5, 5.41) is 4.84. The van der Waals surface area contributed by atoms with Gasteiger partial charge in [-0.3, -0.25) is 4.79 Å². The van der Waals surface area contributed by atoms with Gasteiger partial charge in [-0.05, 0) is 67.5 Å². The highest BCUT2D eigenvalue weighted by atomic mass is 32.1.